The molecule has 1 aromatic heterocycles. The fraction of sp³-hybridized carbons (Fsp3) is 0.357. The van der Waals surface area contributed by atoms with Gasteiger partial charge in [0.15, 0.2) is 5.76 Å². The number of carboxylic acid groups (broad SMARTS) is 1. The monoisotopic (exact) mass is 247 g/mol. The molecule has 0 aliphatic rings. The number of hydrogen-bond donors (Lipinski definition) is 1. The number of carbonyl (C=O) groups excluding carboxylic acids is 1. The number of para-hydroxylation sites is 1. The lowest BCUT2D eigenvalue weighted by molar-refractivity contribution is -0.910. The van der Waals surface area contributed by atoms with E-state index in [2.05, 4.69) is 13.8 Å². The van der Waals surface area contributed by atoms with Crippen molar-refractivity contribution < 1.29 is 19.2 Å². The molecule has 0 unspecified atom stereocenters. The Hall–Kier alpha value is -1.81. The normalized spacial score (nSPS) is 11.3. The average molecular weight is 247 g/mol. The van der Waals surface area contributed by atoms with E-state index in [-0.39, 0.29) is 5.76 Å². The van der Waals surface area contributed by atoms with Gasteiger partial charge in [-0.3, -0.25) is 0 Å². The Morgan fingerprint density at radius 1 is 1.28 bits per heavy atom. The molecule has 1 N–H and O–H groups in total. The third-order valence-corrected chi connectivity index (χ3v) is 3.31. The standard InChI is InChI=1S/C14H17NO3/c1-3-15(4-2)9-11-10-7-5-6-8-12(10)18-13(11)14(16)17/h5-8H,3-4,9H2,1-2H3,(H,16,17). The van der Waals surface area contributed by atoms with Crippen LogP contribution in [0.5, 0.6) is 0 Å². The Kier molecular flexibility index (Phi) is 3.67. The minimum Gasteiger partial charge on any atom is -0.542 e. The van der Waals surface area contributed by atoms with Gasteiger partial charge in [-0.05, 0) is 19.9 Å². The molecule has 1 heterocycles. The predicted molar refractivity (Wildman–Crippen MR) is 66.3 cm³/mol. The summed E-state index contributed by atoms with van der Waals surface area (Å²) >= 11 is 0. The molecule has 0 bridgehead atoms. The number of aromatic carboxylic acids is 1. The Bertz CT molecular complexity index is 555. The number of carboxylic acids is 1. The van der Waals surface area contributed by atoms with Crippen molar-refractivity contribution in [2.24, 2.45) is 0 Å². The molecule has 4 heteroatoms. The van der Waals surface area contributed by atoms with Crippen LogP contribution in [0.4, 0.5) is 0 Å². The molecule has 0 atom stereocenters. The first-order valence-electron chi connectivity index (χ1n) is 6.22. The molecule has 96 valence electrons. The van der Waals surface area contributed by atoms with Gasteiger partial charge in [-0.25, -0.2) is 0 Å². The summed E-state index contributed by atoms with van der Waals surface area (Å²) in [5.41, 5.74) is 1.35. The highest BCUT2D eigenvalue weighted by Gasteiger charge is 2.18. The number of hydrogen-bond acceptors (Lipinski definition) is 3. The van der Waals surface area contributed by atoms with Gasteiger partial charge in [0.25, 0.3) is 0 Å². The molecule has 0 radical (unpaired) electrons. The highest BCUT2D eigenvalue weighted by atomic mass is 16.4. The zero-order chi connectivity index (χ0) is 13.1. The minimum atomic E-state index is -1.24. The Morgan fingerprint density at radius 3 is 2.56 bits per heavy atom. The van der Waals surface area contributed by atoms with Gasteiger partial charge in [-0.2, -0.15) is 0 Å². The molecule has 2 aromatic rings. The third kappa shape index (κ3) is 2.24. The van der Waals surface area contributed by atoms with Crippen LogP contribution in [0.25, 0.3) is 11.0 Å². The molecule has 0 saturated carbocycles. The summed E-state index contributed by atoms with van der Waals surface area (Å²) in [6.07, 6.45) is 0. The highest BCUT2D eigenvalue weighted by molar-refractivity contribution is 5.93. The number of carbonyl (C=O) groups is 1. The number of furan rings is 1. The van der Waals surface area contributed by atoms with E-state index in [0.29, 0.717) is 12.1 Å². The summed E-state index contributed by atoms with van der Waals surface area (Å²) < 4.78 is 5.38. The van der Waals surface area contributed by atoms with Crippen LogP contribution in [0.1, 0.15) is 30.0 Å². The van der Waals surface area contributed by atoms with Crippen molar-refractivity contribution in [3.8, 4) is 0 Å². The zero-order valence-corrected chi connectivity index (χ0v) is 10.7. The van der Waals surface area contributed by atoms with E-state index >= 15 is 0 Å². The van der Waals surface area contributed by atoms with Crippen molar-refractivity contribution in [1.29, 1.82) is 0 Å². The summed E-state index contributed by atoms with van der Waals surface area (Å²) in [6, 6.07) is 7.39. The van der Waals surface area contributed by atoms with E-state index in [9.17, 15) is 9.90 Å². The Labute approximate surface area is 106 Å². The maximum Gasteiger partial charge on any atom is 0.159 e. The van der Waals surface area contributed by atoms with Crippen LogP contribution in [0.15, 0.2) is 28.7 Å². The fourth-order valence-corrected chi connectivity index (χ4v) is 2.19. The molecular formula is C14H17NO3. The average Bonchev–Trinajstić information content (AvgIpc) is 2.75. The second-order valence-electron chi connectivity index (χ2n) is 4.33. The van der Waals surface area contributed by atoms with Crippen molar-refractivity contribution in [1.82, 2.24) is 0 Å². The van der Waals surface area contributed by atoms with Crippen molar-refractivity contribution in [3.63, 3.8) is 0 Å². The first-order valence-corrected chi connectivity index (χ1v) is 6.22. The Morgan fingerprint density at radius 2 is 1.94 bits per heavy atom. The van der Waals surface area contributed by atoms with Crippen LogP contribution < -0.4 is 10.0 Å². The van der Waals surface area contributed by atoms with Gasteiger partial charge in [0.2, 0.25) is 0 Å². The van der Waals surface area contributed by atoms with Crippen molar-refractivity contribution in [2.75, 3.05) is 13.1 Å². The minimum absolute atomic E-state index is 0.0319. The summed E-state index contributed by atoms with van der Waals surface area (Å²) in [6.45, 7) is 6.71. The molecule has 18 heavy (non-hydrogen) atoms. The maximum atomic E-state index is 11.1. The third-order valence-electron chi connectivity index (χ3n) is 3.31. The van der Waals surface area contributed by atoms with Crippen molar-refractivity contribution >= 4 is 16.9 Å². The van der Waals surface area contributed by atoms with Gasteiger partial charge in [0.05, 0.1) is 18.7 Å². The molecule has 0 fully saturated rings. The van der Waals surface area contributed by atoms with E-state index in [0.717, 1.165) is 24.0 Å². The second-order valence-corrected chi connectivity index (χ2v) is 4.33. The summed E-state index contributed by atoms with van der Waals surface area (Å²) in [4.78, 5) is 12.4. The molecule has 0 aliphatic carbocycles. The molecule has 1 aromatic carbocycles. The number of fused-ring (bicyclic) bond motifs is 1. The molecule has 2 rings (SSSR count). The van der Waals surface area contributed by atoms with Gasteiger partial charge < -0.3 is 19.2 Å². The van der Waals surface area contributed by atoms with Crippen LogP contribution in [0.3, 0.4) is 0 Å². The SMILES string of the molecule is CC[NH+](CC)Cc1c(C(=O)[O-])oc2ccccc12. The lowest BCUT2D eigenvalue weighted by atomic mass is 10.1. The lowest BCUT2D eigenvalue weighted by Gasteiger charge is -2.15. The van der Waals surface area contributed by atoms with Crippen LogP contribution >= 0.6 is 0 Å². The molecule has 4 nitrogen and oxygen atoms in total. The maximum absolute atomic E-state index is 11.1. The van der Waals surface area contributed by atoms with E-state index in [1.54, 1.807) is 6.07 Å². The van der Waals surface area contributed by atoms with Crippen LogP contribution in [0.2, 0.25) is 0 Å². The van der Waals surface area contributed by atoms with Gasteiger partial charge in [-0.15, -0.1) is 0 Å². The van der Waals surface area contributed by atoms with Gasteiger partial charge in [0.1, 0.15) is 18.1 Å². The first-order chi connectivity index (χ1) is 8.67. The van der Waals surface area contributed by atoms with E-state index in [1.807, 2.05) is 18.2 Å². The molecular weight excluding hydrogens is 230 g/mol. The van der Waals surface area contributed by atoms with Gasteiger partial charge in [-0.1, -0.05) is 18.2 Å². The molecule has 0 amide bonds. The largest absolute Gasteiger partial charge is 0.542 e. The van der Waals surface area contributed by atoms with Crippen LogP contribution in [-0.4, -0.2) is 19.1 Å². The number of rotatable bonds is 5. The number of benzene rings is 1. The highest BCUT2D eigenvalue weighted by Crippen LogP contribution is 2.24. The quantitative estimate of drug-likeness (QED) is 0.822. The smallest absolute Gasteiger partial charge is 0.159 e. The van der Waals surface area contributed by atoms with Crippen LogP contribution in [-0.2, 0) is 6.54 Å². The van der Waals surface area contributed by atoms with E-state index in [4.69, 9.17) is 4.42 Å². The predicted octanol–water partition coefficient (Wildman–Crippen LogP) is 0.221. The number of quaternary nitrogens is 1. The summed E-state index contributed by atoms with van der Waals surface area (Å²) in [7, 11) is 0. The Balaban J connectivity index is 2.51. The molecule has 0 saturated heterocycles. The summed E-state index contributed by atoms with van der Waals surface area (Å²) in [5.74, 6) is -1.27. The lowest BCUT2D eigenvalue weighted by Crippen LogP contribution is -3.10. The summed E-state index contributed by atoms with van der Waals surface area (Å²) in [5, 5.41) is 12.0. The van der Waals surface area contributed by atoms with E-state index < -0.39 is 5.97 Å². The number of nitrogens with one attached hydrogen (secondary N) is 1. The zero-order valence-electron chi connectivity index (χ0n) is 10.7. The molecule has 0 spiro atoms. The second kappa shape index (κ2) is 5.23. The molecule has 0 aliphatic heterocycles. The topological polar surface area (TPSA) is 57.7 Å². The van der Waals surface area contributed by atoms with Crippen molar-refractivity contribution in [3.05, 3.63) is 35.6 Å². The van der Waals surface area contributed by atoms with Gasteiger partial charge >= 0.3 is 0 Å². The first kappa shape index (κ1) is 12.6. The van der Waals surface area contributed by atoms with Gasteiger partial charge in [0, 0.05) is 5.39 Å². The fourth-order valence-electron chi connectivity index (χ4n) is 2.19. The van der Waals surface area contributed by atoms with E-state index in [1.165, 1.54) is 4.90 Å². The van der Waals surface area contributed by atoms with Crippen molar-refractivity contribution in [2.45, 2.75) is 20.4 Å². The van der Waals surface area contributed by atoms with Crippen LogP contribution in [0, 0.1) is 0 Å².